The van der Waals surface area contributed by atoms with Crippen molar-refractivity contribution in [3.05, 3.63) is 54.1 Å². The summed E-state index contributed by atoms with van der Waals surface area (Å²) in [4.78, 5) is 16.0. The average Bonchev–Trinajstić information content (AvgIpc) is 3.18. The molecule has 0 radical (unpaired) electrons. The fourth-order valence-corrected chi connectivity index (χ4v) is 2.35. The van der Waals surface area contributed by atoms with Crippen LogP contribution in [0.2, 0.25) is 0 Å². The Labute approximate surface area is 157 Å². The quantitative estimate of drug-likeness (QED) is 0.616. The van der Waals surface area contributed by atoms with Crippen molar-refractivity contribution in [3.63, 3.8) is 0 Å². The SMILES string of the molecule is COCCNC(=O)COc1ccc(-c2nc(-c3ccc(C)cc3)no2)cc1. The van der Waals surface area contributed by atoms with Crippen LogP contribution in [0.4, 0.5) is 0 Å². The van der Waals surface area contributed by atoms with Crippen molar-refractivity contribution in [1.29, 1.82) is 0 Å². The van der Waals surface area contributed by atoms with Crippen molar-refractivity contribution in [2.75, 3.05) is 26.9 Å². The van der Waals surface area contributed by atoms with Gasteiger partial charge in [-0.2, -0.15) is 4.98 Å². The Morgan fingerprint density at radius 3 is 2.48 bits per heavy atom. The van der Waals surface area contributed by atoms with Crippen LogP contribution >= 0.6 is 0 Å². The van der Waals surface area contributed by atoms with Gasteiger partial charge < -0.3 is 19.3 Å². The summed E-state index contributed by atoms with van der Waals surface area (Å²) in [7, 11) is 1.58. The first-order valence-electron chi connectivity index (χ1n) is 8.55. The number of hydrogen-bond donors (Lipinski definition) is 1. The molecule has 7 heteroatoms. The smallest absolute Gasteiger partial charge is 0.258 e. The maximum atomic E-state index is 11.6. The van der Waals surface area contributed by atoms with Crippen LogP contribution in [0.5, 0.6) is 5.75 Å². The summed E-state index contributed by atoms with van der Waals surface area (Å²) in [5.41, 5.74) is 2.85. The Balaban J connectivity index is 1.59. The molecular formula is C20H21N3O4. The molecule has 2 aromatic carbocycles. The van der Waals surface area contributed by atoms with Gasteiger partial charge >= 0.3 is 0 Å². The summed E-state index contributed by atoms with van der Waals surface area (Å²) in [6.07, 6.45) is 0. The summed E-state index contributed by atoms with van der Waals surface area (Å²) in [6.45, 7) is 2.90. The van der Waals surface area contributed by atoms with E-state index in [0.29, 0.717) is 30.6 Å². The third kappa shape index (κ3) is 5.15. The first kappa shape index (κ1) is 18.6. The molecule has 3 rings (SSSR count). The van der Waals surface area contributed by atoms with Crippen LogP contribution < -0.4 is 10.1 Å². The lowest BCUT2D eigenvalue weighted by Gasteiger charge is -2.07. The average molecular weight is 367 g/mol. The molecule has 0 saturated carbocycles. The van der Waals surface area contributed by atoms with Crippen LogP contribution in [0.1, 0.15) is 5.56 Å². The molecule has 0 aliphatic rings. The molecule has 1 amide bonds. The lowest BCUT2D eigenvalue weighted by Crippen LogP contribution is -2.31. The van der Waals surface area contributed by atoms with Crippen molar-refractivity contribution in [1.82, 2.24) is 15.5 Å². The van der Waals surface area contributed by atoms with Gasteiger partial charge in [-0.3, -0.25) is 4.79 Å². The monoisotopic (exact) mass is 367 g/mol. The Morgan fingerprint density at radius 2 is 1.78 bits per heavy atom. The number of carbonyl (C=O) groups excluding carboxylic acids is 1. The van der Waals surface area contributed by atoms with Gasteiger partial charge in [0.25, 0.3) is 11.8 Å². The van der Waals surface area contributed by atoms with Gasteiger partial charge in [0, 0.05) is 24.8 Å². The number of nitrogens with one attached hydrogen (secondary N) is 1. The molecule has 0 aliphatic carbocycles. The second kappa shape index (κ2) is 8.95. The molecule has 0 fully saturated rings. The number of hydrogen-bond acceptors (Lipinski definition) is 6. The molecule has 0 spiro atoms. The van der Waals surface area contributed by atoms with Crippen LogP contribution in [0.25, 0.3) is 22.8 Å². The molecule has 3 aromatic rings. The van der Waals surface area contributed by atoms with Crippen LogP contribution in [-0.2, 0) is 9.53 Å². The lowest BCUT2D eigenvalue weighted by atomic mass is 10.1. The van der Waals surface area contributed by atoms with Crippen LogP contribution in [0.15, 0.2) is 53.1 Å². The minimum atomic E-state index is -0.198. The fraction of sp³-hybridized carbons (Fsp3) is 0.250. The van der Waals surface area contributed by atoms with E-state index in [9.17, 15) is 4.79 Å². The van der Waals surface area contributed by atoms with Crippen molar-refractivity contribution in [3.8, 4) is 28.6 Å². The summed E-state index contributed by atoms with van der Waals surface area (Å²) in [5.74, 6) is 1.35. The van der Waals surface area contributed by atoms with Gasteiger partial charge in [0.05, 0.1) is 6.61 Å². The van der Waals surface area contributed by atoms with E-state index < -0.39 is 0 Å². The molecule has 1 N–H and O–H groups in total. The lowest BCUT2D eigenvalue weighted by molar-refractivity contribution is -0.123. The number of aryl methyl sites for hydroxylation is 1. The molecular weight excluding hydrogens is 346 g/mol. The van der Waals surface area contributed by atoms with E-state index in [-0.39, 0.29) is 12.5 Å². The Kier molecular flexibility index (Phi) is 6.17. The Hall–Kier alpha value is -3.19. The van der Waals surface area contributed by atoms with Gasteiger partial charge in [-0.25, -0.2) is 0 Å². The van der Waals surface area contributed by atoms with Gasteiger partial charge in [0.1, 0.15) is 5.75 Å². The van der Waals surface area contributed by atoms with E-state index in [4.69, 9.17) is 14.0 Å². The van der Waals surface area contributed by atoms with E-state index in [1.165, 1.54) is 5.56 Å². The topological polar surface area (TPSA) is 86.5 Å². The zero-order chi connectivity index (χ0) is 19.1. The zero-order valence-corrected chi connectivity index (χ0v) is 15.3. The van der Waals surface area contributed by atoms with Gasteiger partial charge in [-0.15, -0.1) is 0 Å². The number of carbonyl (C=O) groups is 1. The number of amides is 1. The summed E-state index contributed by atoms with van der Waals surface area (Å²) in [5, 5.41) is 6.72. The molecule has 1 aromatic heterocycles. The molecule has 0 saturated heterocycles. The fourth-order valence-electron chi connectivity index (χ4n) is 2.35. The van der Waals surface area contributed by atoms with Gasteiger partial charge in [0.15, 0.2) is 6.61 Å². The van der Waals surface area contributed by atoms with Crippen LogP contribution in [-0.4, -0.2) is 42.9 Å². The van der Waals surface area contributed by atoms with E-state index in [2.05, 4.69) is 15.5 Å². The number of methoxy groups -OCH3 is 1. The minimum absolute atomic E-state index is 0.0544. The number of nitrogens with zero attached hydrogens (tertiary/aromatic N) is 2. The molecule has 0 bridgehead atoms. The number of rotatable bonds is 8. The van der Waals surface area contributed by atoms with Crippen molar-refractivity contribution in [2.24, 2.45) is 0 Å². The Bertz CT molecular complexity index is 873. The maximum Gasteiger partial charge on any atom is 0.258 e. The zero-order valence-electron chi connectivity index (χ0n) is 15.3. The van der Waals surface area contributed by atoms with Crippen molar-refractivity contribution >= 4 is 5.91 Å². The molecule has 0 atom stereocenters. The standard InChI is InChI=1S/C20H21N3O4/c1-14-3-5-15(6-4-14)19-22-20(27-23-19)16-7-9-17(10-8-16)26-13-18(24)21-11-12-25-2/h3-10H,11-13H2,1-2H3,(H,21,24). The largest absolute Gasteiger partial charge is 0.484 e. The molecule has 27 heavy (non-hydrogen) atoms. The third-order valence-corrected chi connectivity index (χ3v) is 3.84. The highest BCUT2D eigenvalue weighted by molar-refractivity contribution is 5.77. The number of benzene rings is 2. The number of ether oxygens (including phenoxy) is 2. The second-order valence-electron chi connectivity index (χ2n) is 5.94. The number of aromatic nitrogens is 2. The maximum absolute atomic E-state index is 11.6. The highest BCUT2D eigenvalue weighted by Gasteiger charge is 2.11. The molecule has 7 nitrogen and oxygen atoms in total. The van der Waals surface area contributed by atoms with E-state index in [0.717, 1.165) is 11.1 Å². The second-order valence-corrected chi connectivity index (χ2v) is 5.94. The van der Waals surface area contributed by atoms with E-state index >= 15 is 0 Å². The van der Waals surface area contributed by atoms with Gasteiger partial charge in [0.2, 0.25) is 5.82 Å². The summed E-state index contributed by atoms with van der Waals surface area (Å²) < 4.78 is 15.7. The first-order valence-corrected chi connectivity index (χ1v) is 8.55. The molecule has 1 heterocycles. The highest BCUT2D eigenvalue weighted by Crippen LogP contribution is 2.24. The normalized spacial score (nSPS) is 10.6. The summed E-state index contributed by atoms with van der Waals surface area (Å²) >= 11 is 0. The third-order valence-electron chi connectivity index (χ3n) is 3.84. The predicted molar refractivity (Wildman–Crippen MR) is 100 cm³/mol. The molecule has 140 valence electrons. The van der Waals surface area contributed by atoms with Gasteiger partial charge in [-0.05, 0) is 31.2 Å². The minimum Gasteiger partial charge on any atom is -0.484 e. The predicted octanol–water partition coefficient (Wildman–Crippen LogP) is 2.85. The van der Waals surface area contributed by atoms with Crippen LogP contribution in [0.3, 0.4) is 0 Å². The van der Waals surface area contributed by atoms with Gasteiger partial charge in [-0.1, -0.05) is 35.0 Å². The molecule has 0 aliphatic heterocycles. The van der Waals surface area contributed by atoms with Crippen molar-refractivity contribution < 1.29 is 18.8 Å². The van der Waals surface area contributed by atoms with E-state index in [1.807, 2.05) is 43.3 Å². The highest BCUT2D eigenvalue weighted by atomic mass is 16.5. The van der Waals surface area contributed by atoms with E-state index in [1.54, 1.807) is 19.2 Å². The molecule has 0 unspecified atom stereocenters. The Morgan fingerprint density at radius 1 is 1.07 bits per heavy atom. The summed E-state index contributed by atoms with van der Waals surface area (Å²) in [6, 6.07) is 15.1. The first-order chi connectivity index (χ1) is 13.2. The van der Waals surface area contributed by atoms with Crippen LogP contribution in [0, 0.1) is 6.92 Å². The van der Waals surface area contributed by atoms with Crippen molar-refractivity contribution in [2.45, 2.75) is 6.92 Å².